The number of benzene rings is 2. The normalized spacial score (nSPS) is 10.4. The molecule has 2 N–H and O–H groups in total. The van der Waals surface area contributed by atoms with Crippen LogP contribution in [-0.4, -0.2) is 0 Å². The molecule has 2 aromatic carbocycles. The van der Waals surface area contributed by atoms with E-state index in [0.717, 1.165) is 0 Å². The molecular formula is C14H13F2NO. The molecular weight excluding hydrogens is 236 g/mol. The number of nitrogens with two attached hydrogens (primary N) is 1. The van der Waals surface area contributed by atoms with E-state index in [9.17, 15) is 8.78 Å². The molecule has 18 heavy (non-hydrogen) atoms. The molecule has 2 nitrogen and oxygen atoms in total. The highest BCUT2D eigenvalue weighted by Crippen LogP contribution is 2.23. The highest BCUT2D eigenvalue weighted by atomic mass is 19.1. The summed E-state index contributed by atoms with van der Waals surface area (Å²) in [6.45, 7) is 1.54. The topological polar surface area (TPSA) is 35.2 Å². The van der Waals surface area contributed by atoms with E-state index >= 15 is 0 Å². The Morgan fingerprint density at radius 3 is 2.56 bits per heavy atom. The highest BCUT2D eigenvalue weighted by molar-refractivity contribution is 5.47. The van der Waals surface area contributed by atoms with Crippen LogP contribution in [0.1, 0.15) is 11.1 Å². The number of aryl methyl sites for hydroxylation is 1. The Kier molecular flexibility index (Phi) is 3.46. The lowest BCUT2D eigenvalue weighted by atomic mass is 10.2. The average Bonchev–Trinajstić information content (AvgIpc) is 2.33. The molecule has 0 unspecified atom stereocenters. The molecule has 0 aliphatic heterocycles. The molecule has 0 radical (unpaired) electrons. The van der Waals surface area contributed by atoms with Crippen molar-refractivity contribution in [3.05, 3.63) is 59.2 Å². The van der Waals surface area contributed by atoms with Gasteiger partial charge in [0.2, 0.25) is 0 Å². The second-order valence-electron chi connectivity index (χ2n) is 3.98. The number of halogens is 2. The van der Waals surface area contributed by atoms with Crippen molar-refractivity contribution in [2.45, 2.75) is 13.5 Å². The fourth-order valence-electron chi connectivity index (χ4n) is 1.61. The Balaban J connectivity index is 2.19. The van der Waals surface area contributed by atoms with Crippen molar-refractivity contribution in [1.82, 2.24) is 0 Å². The standard InChI is InChI=1S/C14H13F2NO/c1-9-4-2-7-13(14(9)16)18-8-10-11(15)5-3-6-12(10)17/h2-7H,8,17H2,1H3. The van der Waals surface area contributed by atoms with Crippen LogP contribution in [0.25, 0.3) is 0 Å². The van der Waals surface area contributed by atoms with Crippen LogP contribution in [0, 0.1) is 18.6 Å². The molecule has 2 rings (SSSR count). The monoisotopic (exact) mass is 249 g/mol. The first-order valence-corrected chi connectivity index (χ1v) is 5.50. The zero-order chi connectivity index (χ0) is 13.1. The summed E-state index contributed by atoms with van der Waals surface area (Å²) >= 11 is 0. The van der Waals surface area contributed by atoms with E-state index in [2.05, 4.69) is 0 Å². The van der Waals surface area contributed by atoms with Gasteiger partial charge in [0.15, 0.2) is 11.6 Å². The molecule has 0 saturated heterocycles. The van der Waals surface area contributed by atoms with Crippen LogP contribution in [0.5, 0.6) is 5.75 Å². The molecule has 0 bridgehead atoms. The summed E-state index contributed by atoms with van der Waals surface area (Å²) < 4.78 is 32.4. The maximum absolute atomic E-state index is 13.7. The first-order chi connectivity index (χ1) is 8.59. The van der Waals surface area contributed by atoms with Crippen LogP contribution >= 0.6 is 0 Å². The van der Waals surface area contributed by atoms with Crippen molar-refractivity contribution in [2.75, 3.05) is 5.73 Å². The van der Waals surface area contributed by atoms with Crippen molar-refractivity contribution < 1.29 is 13.5 Å². The van der Waals surface area contributed by atoms with E-state index in [1.807, 2.05) is 0 Å². The summed E-state index contributed by atoms with van der Waals surface area (Å²) in [4.78, 5) is 0. The molecule has 4 heteroatoms. The third-order valence-corrected chi connectivity index (χ3v) is 2.68. The van der Waals surface area contributed by atoms with Crippen LogP contribution < -0.4 is 10.5 Å². The van der Waals surface area contributed by atoms with Crippen LogP contribution in [0.4, 0.5) is 14.5 Å². The second-order valence-corrected chi connectivity index (χ2v) is 3.98. The Morgan fingerprint density at radius 1 is 1.11 bits per heavy atom. The molecule has 0 aliphatic carbocycles. The van der Waals surface area contributed by atoms with E-state index in [-0.39, 0.29) is 17.9 Å². The lowest BCUT2D eigenvalue weighted by molar-refractivity contribution is 0.285. The predicted molar refractivity (Wildman–Crippen MR) is 66.3 cm³/mol. The van der Waals surface area contributed by atoms with Gasteiger partial charge in [-0.3, -0.25) is 0 Å². The Hall–Kier alpha value is -2.10. The zero-order valence-electron chi connectivity index (χ0n) is 9.91. The van der Waals surface area contributed by atoms with E-state index in [4.69, 9.17) is 10.5 Å². The van der Waals surface area contributed by atoms with Gasteiger partial charge in [0.1, 0.15) is 12.4 Å². The van der Waals surface area contributed by atoms with Crippen LogP contribution in [0.3, 0.4) is 0 Å². The molecule has 0 spiro atoms. The van der Waals surface area contributed by atoms with Crippen molar-refractivity contribution in [3.63, 3.8) is 0 Å². The number of anilines is 1. The largest absolute Gasteiger partial charge is 0.486 e. The molecule has 2 aromatic rings. The van der Waals surface area contributed by atoms with Crippen LogP contribution in [0.2, 0.25) is 0 Å². The summed E-state index contributed by atoms with van der Waals surface area (Å²) in [7, 11) is 0. The number of hydrogen-bond acceptors (Lipinski definition) is 2. The second kappa shape index (κ2) is 5.04. The maximum atomic E-state index is 13.7. The lowest BCUT2D eigenvalue weighted by Gasteiger charge is -2.10. The average molecular weight is 249 g/mol. The van der Waals surface area contributed by atoms with Crippen molar-refractivity contribution in [2.24, 2.45) is 0 Å². The van der Waals surface area contributed by atoms with E-state index in [1.54, 1.807) is 25.1 Å². The van der Waals surface area contributed by atoms with E-state index in [0.29, 0.717) is 11.3 Å². The minimum atomic E-state index is -0.455. The van der Waals surface area contributed by atoms with Gasteiger partial charge in [-0.25, -0.2) is 8.78 Å². The zero-order valence-corrected chi connectivity index (χ0v) is 9.91. The third kappa shape index (κ3) is 2.42. The fraction of sp³-hybridized carbons (Fsp3) is 0.143. The quantitative estimate of drug-likeness (QED) is 0.846. The molecule has 0 saturated carbocycles. The molecule has 0 aromatic heterocycles. The maximum Gasteiger partial charge on any atom is 0.167 e. The van der Waals surface area contributed by atoms with E-state index < -0.39 is 11.6 Å². The lowest BCUT2D eigenvalue weighted by Crippen LogP contribution is -2.04. The van der Waals surface area contributed by atoms with Gasteiger partial charge in [0, 0.05) is 11.3 Å². The minimum absolute atomic E-state index is 0.0950. The highest BCUT2D eigenvalue weighted by Gasteiger charge is 2.10. The molecule has 0 atom stereocenters. The molecule has 0 heterocycles. The summed E-state index contributed by atoms with van der Waals surface area (Å²) in [6.07, 6.45) is 0. The van der Waals surface area contributed by atoms with Gasteiger partial charge in [-0.1, -0.05) is 18.2 Å². The number of ether oxygens (including phenoxy) is 1. The Labute approximate surface area is 104 Å². The van der Waals surface area contributed by atoms with Gasteiger partial charge < -0.3 is 10.5 Å². The van der Waals surface area contributed by atoms with Gasteiger partial charge >= 0.3 is 0 Å². The van der Waals surface area contributed by atoms with Gasteiger partial charge in [-0.2, -0.15) is 0 Å². The first kappa shape index (κ1) is 12.4. The Morgan fingerprint density at radius 2 is 1.83 bits per heavy atom. The molecule has 94 valence electrons. The third-order valence-electron chi connectivity index (χ3n) is 2.68. The van der Waals surface area contributed by atoms with E-state index in [1.165, 1.54) is 18.2 Å². The van der Waals surface area contributed by atoms with Crippen molar-refractivity contribution in [3.8, 4) is 5.75 Å². The molecule has 0 amide bonds. The molecule has 0 aliphatic rings. The van der Waals surface area contributed by atoms with Crippen molar-refractivity contribution >= 4 is 5.69 Å². The predicted octanol–water partition coefficient (Wildman–Crippen LogP) is 3.43. The summed E-state index contributed by atoms with van der Waals surface area (Å²) in [5.74, 6) is -0.798. The first-order valence-electron chi connectivity index (χ1n) is 5.50. The SMILES string of the molecule is Cc1cccc(OCc2c(N)cccc2F)c1F. The minimum Gasteiger partial charge on any atom is -0.486 e. The summed E-state index contributed by atoms with van der Waals surface area (Å²) in [5, 5.41) is 0. The van der Waals surface area contributed by atoms with Gasteiger partial charge in [-0.05, 0) is 30.7 Å². The van der Waals surface area contributed by atoms with Crippen LogP contribution in [-0.2, 0) is 6.61 Å². The molecule has 0 fully saturated rings. The summed E-state index contributed by atoms with van der Waals surface area (Å²) in [6, 6.07) is 9.20. The van der Waals surface area contributed by atoms with Gasteiger partial charge in [0.25, 0.3) is 0 Å². The number of rotatable bonds is 3. The van der Waals surface area contributed by atoms with Crippen molar-refractivity contribution in [1.29, 1.82) is 0 Å². The number of nitrogen functional groups attached to an aromatic ring is 1. The fourth-order valence-corrected chi connectivity index (χ4v) is 1.61. The van der Waals surface area contributed by atoms with Gasteiger partial charge in [-0.15, -0.1) is 0 Å². The summed E-state index contributed by atoms with van der Waals surface area (Å²) in [5.41, 5.74) is 6.65. The van der Waals surface area contributed by atoms with Gasteiger partial charge in [0.05, 0.1) is 0 Å². The Bertz CT molecular complexity index is 549. The smallest absolute Gasteiger partial charge is 0.167 e. The van der Waals surface area contributed by atoms with Crippen LogP contribution in [0.15, 0.2) is 36.4 Å². The number of hydrogen-bond donors (Lipinski definition) is 1.